The fourth-order valence-corrected chi connectivity index (χ4v) is 1.63. The number of hydrogen-bond acceptors (Lipinski definition) is 8. The van der Waals surface area contributed by atoms with E-state index in [2.05, 4.69) is 25.0 Å². The quantitative estimate of drug-likeness (QED) is 0.645. The Morgan fingerprint density at radius 2 is 1.77 bits per heavy atom. The lowest BCUT2D eigenvalue weighted by Crippen LogP contribution is -2.06. The van der Waals surface area contributed by atoms with Gasteiger partial charge in [0, 0.05) is 0 Å². The highest BCUT2D eigenvalue weighted by Gasteiger charge is 2.11. The molecule has 2 N–H and O–H groups in total. The van der Waals surface area contributed by atoms with Crippen molar-refractivity contribution in [3.05, 3.63) is 41.6 Å². The largest absolute Gasteiger partial charge is 0.506 e. The minimum Gasteiger partial charge on any atom is -0.506 e. The van der Waals surface area contributed by atoms with Crippen LogP contribution in [0.2, 0.25) is 0 Å². The Kier molecular flexibility index (Phi) is 4.52. The van der Waals surface area contributed by atoms with Crippen molar-refractivity contribution in [2.24, 2.45) is 0 Å². The van der Waals surface area contributed by atoms with E-state index in [1.807, 2.05) is 0 Å². The Labute approximate surface area is 125 Å². The summed E-state index contributed by atoms with van der Waals surface area (Å²) >= 11 is 0. The van der Waals surface area contributed by atoms with Crippen molar-refractivity contribution in [3.63, 3.8) is 0 Å². The van der Waals surface area contributed by atoms with Gasteiger partial charge in [0.25, 0.3) is 0 Å². The Balaban J connectivity index is 2.17. The summed E-state index contributed by atoms with van der Waals surface area (Å²) in [6.45, 7) is 0. The van der Waals surface area contributed by atoms with E-state index in [0.717, 1.165) is 0 Å². The van der Waals surface area contributed by atoms with Crippen molar-refractivity contribution in [2.45, 2.75) is 0 Å². The molecule has 2 rings (SSSR count). The van der Waals surface area contributed by atoms with Gasteiger partial charge < -0.3 is 19.9 Å². The maximum atomic E-state index is 11.3. The number of rotatable bonds is 4. The van der Waals surface area contributed by atoms with Gasteiger partial charge in [-0.2, -0.15) is 0 Å². The van der Waals surface area contributed by atoms with Crippen LogP contribution in [0.3, 0.4) is 0 Å². The predicted molar refractivity (Wildman–Crippen MR) is 76.1 cm³/mol. The number of nitrogens with one attached hydrogen (secondary N) is 1. The molecule has 0 saturated carbocycles. The monoisotopic (exact) mass is 303 g/mol. The molecule has 22 heavy (non-hydrogen) atoms. The van der Waals surface area contributed by atoms with Crippen LogP contribution in [0, 0.1) is 0 Å². The zero-order chi connectivity index (χ0) is 16.1. The number of carbonyl (C=O) groups excluding carboxylic acids is 2. The number of ether oxygens (including phenoxy) is 2. The van der Waals surface area contributed by atoms with Crippen LogP contribution < -0.4 is 5.32 Å². The van der Waals surface area contributed by atoms with Crippen LogP contribution in [0.15, 0.2) is 30.3 Å². The highest BCUT2D eigenvalue weighted by Crippen LogP contribution is 2.27. The molecule has 0 spiro atoms. The molecule has 0 aliphatic rings. The lowest BCUT2D eigenvalue weighted by atomic mass is 10.2. The molecular weight excluding hydrogens is 290 g/mol. The second-order valence-electron chi connectivity index (χ2n) is 4.14. The highest BCUT2D eigenvalue weighted by atomic mass is 16.5. The van der Waals surface area contributed by atoms with Crippen LogP contribution in [0.25, 0.3) is 0 Å². The van der Waals surface area contributed by atoms with Gasteiger partial charge in [0.15, 0.2) is 11.5 Å². The van der Waals surface area contributed by atoms with Crippen LogP contribution in [0.4, 0.5) is 11.5 Å². The molecule has 0 saturated heterocycles. The molecule has 2 aromatic rings. The first-order valence-corrected chi connectivity index (χ1v) is 6.15. The molecule has 0 aliphatic heterocycles. The molecule has 1 heterocycles. The Hall–Kier alpha value is -3.16. The third kappa shape index (κ3) is 3.29. The van der Waals surface area contributed by atoms with Gasteiger partial charge in [-0.15, -0.1) is 10.2 Å². The number of aromatic nitrogens is 2. The standard InChI is InChI=1S/C14H13N3O5/c1-21-13(19)8-3-4-9(11(18)7-8)15-12-6-5-10(16-17-12)14(20)22-2/h3-7,18H,1-2H3,(H,15,17). The summed E-state index contributed by atoms with van der Waals surface area (Å²) < 4.78 is 9.07. The minimum absolute atomic E-state index is 0.0679. The summed E-state index contributed by atoms with van der Waals surface area (Å²) in [5, 5.41) is 20.2. The molecule has 0 unspecified atom stereocenters. The Morgan fingerprint density at radius 3 is 2.32 bits per heavy atom. The van der Waals surface area contributed by atoms with Crippen LogP contribution >= 0.6 is 0 Å². The molecule has 8 nitrogen and oxygen atoms in total. The molecule has 0 fully saturated rings. The summed E-state index contributed by atoms with van der Waals surface area (Å²) in [6, 6.07) is 7.19. The highest BCUT2D eigenvalue weighted by molar-refractivity contribution is 5.91. The first-order chi connectivity index (χ1) is 10.5. The SMILES string of the molecule is COC(=O)c1ccc(Nc2ccc(C(=O)OC)nn2)c(O)c1. The summed E-state index contributed by atoms with van der Waals surface area (Å²) in [6.07, 6.45) is 0. The van der Waals surface area contributed by atoms with Gasteiger partial charge in [-0.3, -0.25) is 0 Å². The normalized spacial score (nSPS) is 9.91. The molecule has 1 aromatic carbocycles. The van der Waals surface area contributed by atoms with Crippen LogP contribution in [0.1, 0.15) is 20.8 Å². The van der Waals surface area contributed by atoms with Crippen molar-refractivity contribution in [1.82, 2.24) is 10.2 Å². The number of anilines is 2. The van der Waals surface area contributed by atoms with Crippen molar-refractivity contribution >= 4 is 23.4 Å². The van der Waals surface area contributed by atoms with Crippen molar-refractivity contribution in [2.75, 3.05) is 19.5 Å². The zero-order valence-corrected chi connectivity index (χ0v) is 11.9. The van der Waals surface area contributed by atoms with Gasteiger partial charge in [0.2, 0.25) is 0 Å². The average molecular weight is 303 g/mol. The van der Waals surface area contributed by atoms with E-state index in [-0.39, 0.29) is 17.0 Å². The second-order valence-corrected chi connectivity index (χ2v) is 4.14. The van der Waals surface area contributed by atoms with E-state index in [0.29, 0.717) is 11.5 Å². The molecule has 114 valence electrons. The zero-order valence-electron chi connectivity index (χ0n) is 11.9. The van der Waals surface area contributed by atoms with Gasteiger partial charge in [0.1, 0.15) is 5.75 Å². The van der Waals surface area contributed by atoms with Crippen molar-refractivity contribution < 1.29 is 24.2 Å². The number of aromatic hydroxyl groups is 1. The maximum Gasteiger partial charge on any atom is 0.358 e. The average Bonchev–Trinajstić information content (AvgIpc) is 2.55. The van der Waals surface area contributed by atoms with Gasteiger partial charge in [0.05, 0.1) is 25.5 Å². The van der Waals surface area contributed by atoms with Gasteiger partial charge in [-0.05, 0) is 30.3 Å². The lowest BCUT2D eigenvalue weighted by Gasteiger charge is -2.08. The number of hydrogen-bond donors (Lipinski definition) is 2. The smallest absolute Gasteiger partial charge is 0.358 e. The number of nitrogens with zero attached hydrogens (tertiary/aromatic N) is 2. The molecule has 0 aliphatic carbocycles. The molecule has 0 radical (unpaired) electrons. The van der Waals surface area contributed by atoms with E-state index in [1.54, 1.807) is 0 Å². The number of phenols is 1. The van der Waals surface area contributed by atoms with Gasteiger partial charge >= 0.3 is 11.9 Å². The minimum atomic E-state index is -0.593. The fourth-order valence-electron chi connectivity index (χ4n) is 1.63. The Bertz CT molecular complexity index is 700. The van der Waals surface area contributed by atoms with Crippen LogP contribution in [-0.2, 0) is 9.47 Å². The van der Waals surface area contributed by atoms with Crippen LogP contribution in [-0.4, -0.2) is 41.5 Å². The Morgan fingerprint density at radius 1 is 1.05 bits per heavy atom. The van der Waals surface area contributed by atoms with Gasteiger partial charge in [-0.1, -0.05) is 0 Å². The number of carbonyl (C=O) groups is 2. The first kappa shape index (κ1) is 15.2. The lowest BCUT2D eigenvalue weighted by molar-refractivity contribution is 0.0587. The van der Waals surface area contributed by atoms with Crippen molar-refractivity contribution in [1.29, 1.82) is 0 Å². The molecule has 0 bridgehead atoms. The van der Waals surface area contributed by atoms with E-state index < -0.39 is 11.9 Å². The van der Waals surface area contributed by atoms with Gasteiger partial charge in [-0.25, -0.2) is 9.59 Å². The predicted octanol–water partition coefficient (Wildman–Crippen LogP) is 1.50. The summed E-state index contributed by atoms with van der Waals surface area (Å²) in [5.41, 5.74) is 0.615. The number of esters is 2. The topological polar surface area (TPSA) is 111 Å². The summed E-state index contributed by atoms with van der Waals surface area (Å²) in [4.78, 5) is 22.6. The van der Waals surface area contributed by atoms with E-state index in [9.17, 15) is 14.7 Å². The summed E-state index contributed by atoms with van der Waals surface area (Å²) in [7, 11) is 2.50. The number of benzene rings is 1. The van der Waals surface area contributed by atoms with E-state index in [1.165, 1.54) is 44.6 Å². The molecule has 1 aromatic heterocycles. The van der Waals surface area contributed by atoms with Crippen LogP contribution in [0.5, 0.6) is 5.75 Å². The fraction of sp³-hybridized carbons (Fsp3) is 0.143. The molecule has 0 amide bonds. The molecule has 8 heteroatoms. The first-order valence-electron chi connectivity index (χ1n) is 6.15. The third-order valence-electron chi connectivity index (χ3n) is 2.74. The number of phenolic OH excluding ortho intramolecular Hbond substituents is 1. The van der Waals surface area contributed by atoms with E-state index >= 15 is 0 Å². The van der Waals surface area contributed by atoms with Crippen molar-refractivity contribution in [3.8, 4) is 5.75 Å². The third-order valence-corrected chi connectivity index (χ3v) is 2.74. The number of methoxy groups -OCH3 is 2. The molecular formula is C14H13N3O5. The van der Waals surface area contributed by atoms with E-state index in [4.69, 9.17) is 0 Å². The molecule has 0 atom stereocenters. The second kappa shape index (κ2) is 6.53. The maximum absolute atomic E-state index is 11.3. The summed E-state index contributed by atoms with van der Waals surface area (Å²) in [5.74, 6) is -0.982.